The number of aliphatic hydroxyl groups excluding tert-OH is 1. The van der Waals surface area contributed by atoms with Crippen LogP contribution < -0.4 is 11.1 Å². The van der Waals surface area contributed by atoms with Crippen LogP contribution in [0.1, 0.15) is 44.7 Å². The van der Waals surface area contributed by atoms with Crippen LogP contribution in [0.3, 0.4) is 0 Å². The average Bonchev–Trinajstić information content (AvgIpc) is 2.65. The van der Waals surface area contributed by atoms with Gasteiger partial charge >= 0.3 is 0 Å². The summed E-state index contributed by atoms with van der Waals surface area (Å²) in [5, 5.41) is 17.8. The van der Waals surface area contributed by atoms with E-state index in [1.54, 1.807) is 0 Å². The average molecular weight is 266 g/mol. The van der Waals surface area contributed by atoms with Gasteiger partial charge in [0.1, 0.15) is 5.82 Å². The third-order valence-corrected chi connectivity index (χ3v) is 4.05. The van der Waals surface area contributed by atoms with Crippen molar-refractivity contribution in [1.82, 2.24) is 9.78 Å². The molecule has 1 aromatic rings. The first kappa shape index (κ1) is 14.2. The molecule has 0 radical (unpaired) electrons. The Morgan fingerprint density at radius 2 is 2.16 bits per heavy atom. The molecule has 4 N–H and O–H groups in total. The Hall–Kier alpha value is -1.23. The fraction of sp³-hybridized carbons (Fsp3) is 0.786. The molecular formula is C14H26N4O. The normalized spacial score (nSPS) is 23.5. The standard InChI is InChI=1S/C14H26N4O/c1-3-6-11-13(15)14(18(2)17-11)16-9-10-7-4-5-8-12(10)19/h10,12,16,19H,3-9,15H2,1-2H3. The fourth-order valence-corrected chi connectivity index (χ4v) is 2.88. The summed E-state index contributed by atoms with van der Waals surface area (Å²) in [4.78, 5) is 0. The Balaban J connectivity index is 1.98. The van der Waals surface area contributed by atoms with Gasteiger partial charge in [-0.3, -0.25) is 4.68 Å². The van der Waals surface area contributed by atoms with Crippen molar-refractivity contribution in [2.24, 2.45) is 13.0 Å². The van der Waals surface area contributed by atoms with Gasteiger partial charge in [-0.25, -0.2) is 0 Å². The number of nitrogens with two attached hydrogens (primary N) is 1. The summed E-state index contributed by atoms with van der Waals surface area (Å²) < 4.78 is 1.82. The molecule has 0 aromatic carbocycles. The minimum absolute atomic E-state index is 0.175. The molecule has 2 rings (SSSR count). The van der Waals surface area contributed by atoms with Crippen molar-refractivity contribution >= 4 is 11.5 Å². The summed E-state index contributed by atoms with van der Waals surface area (Å²) in [5.41, 5.74) is 7.86. The Labute approximate surface area is 115 Å². The van der Waals surface area contributed by atoms with E-state index in [9.17, 15) is 5.11 Å². The monoisotopic (exact) mass is 266 g/mol. The molecule has 0 amide bonds. The van der Waals surface area contributed by atoms with Crippen LogP contribution in [0.2, 0.25) is 0 Å². The van der Waals surface area contributed by atoms with E-state index in [0.29, 0.717) is 5.92 Å². The number of aliphatic hydroxyl groups is 1. The van der Waals surface area contributed by atoms with Crippen LogP contribution in [0.4, 0.5) is 11.5 Å². The highest BCUT2D eigenvalue weighted by molar-refractivity contribution is 5.65. The molecule has 0 spiro atoms. The van der Waals surface area contributed by atoms with Gasteiger partial charge in [-0.05, 0) is 19.3 Å². The zero-order valence-corrected chi connectivity index (χ0v) is 12.0. The topological polar surface area (TPSA) is 76.1 Å². The van der Waals surface area contributed by atoms with Crippen molar-refractivity contribution in [3.8, 4) is 0 Å². The number of aryl methyl sites for hydroxylation is 2. The smallest absolute Gasteiger partial charge is 0.147 e. The van der Waals surface area contributed by atoms with Crippen LogP contribution in [0.5, 0.6) is 0 Å². The lowest BCUT2D eigenvalue weighted by Gasteiger charge is -2.28. The number of hydrogen-bond acceptors (Lipinski definition) is 4. The Morgan fingerprint density at radius 1 is 1.42 bits per heavy atom. The highest BCUT2D eigenvalue weighted by Gasteiger charge is 2.23. The molecule has 108 valence electrons. The minimum atomic E-state index is -0.175. The van der Waals surface area contributed by atoms with Crippen molar-refractivity contribution in [2.75, 3.05) is 17.6 Å². The number of nitrogens with one attached hydrogen (secondary N) is 1. The molecule has 2 unspecified atom stereocenters. The zero-order chi connectivity index (χ0) is 13.8. The largest absolute Gasteiger partial charge is 0.394 e. The lowest BCUT2D eigenvalue weighted by Crippen LogP contribution is -2.30. The van der Waals surface area contributed by atoms with Gasteiger partial charge < -0.3 is 16.2 Å². The maximum Gasteiger partial charge on any atom is 0.147 e. The molecule has 2 atom stereocenters. The Morgan fingerprint density at radius 3 is 2.84 bits per heavy atom. The summed E-state index contributed by atoms with van der Waals surface area (Å²) in [5.74, 6) is 1.22. The minimum Gasteiger partial charge on any atom is -0.394 e. The van der Waals surface area contributed by atoms with E-state index < -0.39 is 0 Å². The second kappa shape index (κ2) is 6.28. The van der Waals surface area contributed by atoms with Gasteiger partial charge in [-0.1, -0.05) is 26.2 Å². The predicted molar refractivity (Wildman–Crippen MR) is 78.1 cm³/mol. The SMILES string of the molecule is CCCc1nn(C)c(NCC2CCCCC2O)c1N. The Bertz CT molecular complexity index is 416. The van der Waals surface area contributed by atoms with Crippen molar-refractivity contribution < 1.29 is 5.11 Å². The summed E-state index contributed by atoms with van der Waals surface area (Å²) in [6, 6.07) is 0. The van der Waals surface area contributed by atoms with Crippen LogP contribution >= 0.6 is 0 Å². The van der Waals surface area contributed by atoms with Gasteiger partial charge in [0.05, 0.1) is 17.5 Å². The molecule has 1 heterocycles. The van der Waals surface area contributed by atoms with Crippen LogP contribution in [-0.2, 0) is 13.5 Å². The van der Waals surface area contributed by atoms with E-state index in [-0.39, 0.29) is 6.10 Å². The number of anilines is 2. The maximum absolute atomic E-state index is 9.98. The van der Waals surface area contributed by atoms with Gasteiger partial charge in [-0.2, -0.15) is 5.10 Å². The Kier molecular flexibility index (Phi) is 4.69. The highest BCUT2D eigenvalue weighted by Crippen LogP contribution is 2.27. The summed E-state index contributed by atoms with van der Waals surface area (Å²) in [6.45, 7) is 2.90. The van der Waals surface area contributed by atoms with E-state index in [0.717, 1.165) is 55.8 Å². The first-order chi connectivity index (χ1) is 9.13. The molecule has 0 aliphatic heterocycles. The molecule has 1 aromatic heterocycles. The van der Waals surface area contributed by atoms with Crippen molar-refractivity contribution in [2.45, 2.75) is 51.6 Å². The third-order valence-electron chi connectivity index (χ3n) is 4.05. The maximum atomic E-state index is 9.98. The molecule has 0 bridgehead atoms. The molecular weight excluding hydrogens is 240 g/mol. The lowest BCUT2D eigenvalue weighted by atomic mass is 9.86. The highest BCUT2D eigenvalue weighted by atomic mass is 16.3. The molecule has 1 aliphatic rings. The van der Waals surface area contributed by atoms with Crippen molar-refractivity contribution in [3.05, 3.63) is 5.69 Å². The first-order valence-electron chi connectivity index (χ1n) is 7.36. The lowest BCUT2D eigenvalue weighted by molar-refractivity contribution is 0.0762. The summed E-state index contributed by atoms with van der Waals surface area (Å²) in [7, 11) is 1.91. The van der Waals surface area contributed by atoms with E-state index in [1.165, 1.54) is 6.42 Å². The van der Waals surface area contributed by atoms with Gasteiger partial charge in [-0.15, -0.1) is 0 Å². The van der Waals surface area contributed by atoms with Crippen LogP contribution in [0, 0.1) is 5.92 Å². The summed E-state index contributed by atoms with van der Waals surface area (Å²) >= 11 is 0. The van der Waals surface area contributed by atoms with E-state index in [4.69, 9.17) is 5.73 Å². The summed E-state index contributed by atoms with van der Waals surface area (Å²) in [6.07, 6.45) is 6.15. The quantitative estimate of drug-likeness (QED) is 0.761. The molecule has 5 heteroatoms. The number of nitrogen functional groups attached to an aromatic ring is 1. The molecule has 1 aliphatic carbocycles. The van der Waals surface area contributed by atoms with E-state index in [2.05, 4.69) is 17.3 Å². The number of hydrogen-bond donors (Lipinski definition) is 3. The molecule has 1 fully saturated rings. The first-order valence-corrected chi connectivity index (χ1v) is 7.36. The predicted octanol–water partition coefficient (Wildman–Crippen LogP) is 1.92. The van der Waals surface area contributed by atoms with Crippen molar-refractivity contribution in [1.29, 1.82) is 0 Å². The van der Waals surface area contributed by atoms with E-state index in [1.807, 2.05) is 11.7 Å². The molecule has 19 heavy (non-hydrogen) atoms. The van der Waals surface area contributed by atoms with Crippen LogP contribution in [0.25, 0.3) is 0 Å². The van der Waals surface area contributed by atoms with Crippen LogP contribution in [-0.4, -0.2) is 27.5 Å². The molecule has 1 saturated carbocycles. The molecule has 5 nitrogen and oxygen atoms in total. The van der Waals surface area contributed by atoms with Gasteiger partial charge in [0.25, 0.3) is 0 Å². The van der Waals surface area contributed by atoms with Gasteiger partial charge in [0.15, 0.2) is 0 Å². The number of aromatic nitrogens is 2. The number of rotatable bonds is 5. The number of nitrogens with zero attached hydrogens (tertiary/aromatic N) is 2. The molecule has 0 saturated heterocycles. The van der Waals surface area contributed by atoms with Crippen LogP contribution in [0.15, 0.2) is 0 Å². The fourth-order valence-electron chi connectivity index (χ4n) is 2.88. The second-order valence-electron chi connectivity index (χ2n) is 5.58. The van der Waals surface area contributed by atoms with Gasteiger partial charge in [0.2, 0.25) is 0 Å². The third kappa shape index (κ3) is 3.21. The second-order valence-corrected chi connectivity index (χ2v) is 5.58. The van der Waals surface area contributed by atoms with Crippen molar-refractivity contribution in [3.63, 3.8) is 0 Å². The zero-order valence-electron chi connectivity index (χ0n) is 12.0. The van der Waals surface area contributed by atoms with Gasteiger partial charge in [0, 0.05) is 19.5 Å². The van der Waals surface area contributed by atoms with E-state index >= 15 is 0 Å².